The van der Waals surface area contributed by atoms with Gasteiger partial charge in [-0.3, -0.25) is 0 Å². The Morgan fingerprint density at radius 1 is 1.43 bits per heavy atom. The molecular formula is C12H25NO. The van der Waals surface area contributed by atoms with Gasteiger partial charge in [0.15, 0.2) is 0 Å². The first kappa shape index (κ1) is 12.0. The van der Waals surface area contributed by atoms with E-state index < -0.39 is 0 Å². The van der Waals surface area contributed by atoms with Crippen molar-refractivity contribution in [2.24, 2.45) is 11.3 Å². The maximum absolute atomic E-state index is 5.47. The maximum atomic E-state index is 5.47. The summed E-state index contributed by atoms with van der Waals surface area (Å²) in [4.78, 5) is 0. The molecule has 0 aromatic rings. The van der Waals surface area contributed by atoms with Gasteiger partial charge >= 0.3 is 0 Å². The van der Waals surface area contributed by atoms with Crippen LogP contribution in [0.3, 0.4) is 0 Å². The molecule has 2 heteroatoms. The lowest BCUT2D eigenvalue weighted by Crippen LogP contribution is -2.46. The molecule has 2 nitrogen and oxygen atoms in total. The fraction of sp³-hybridized carbons (Fsp3) is 1.00. The third kappa shape index (κ3) is 3.25. The molecule has 2 unspecified atom stereocenters. The molecule has 1 fully saturated rings. The second kappa shape index (κ2) is 5.13. The highest BCUT2D eigenvalue weighted by Gasteiger charge is 2.33. The lowest BCUT2D eigenvalue weighted by Gasteiger charge is -2.35. The molecule has 0 aliphatic carbocycles. The van der Waals surface area contributed by atoms with E-state index in [0.717, 1.165) is 19.8 Å². The molecule has 1 N–H and O–H groups in total. The summed E-state index contributed by atoms with van der Waals surface area (Å²) >= 11 is 0. The maximum Gasteiger partial charge on any atom is 0.0510 e. The van der Waals surface area contributed by atoms with Crippen LogP contribution in [-0.2, 0) is 4.74 Å². The van der Waals surface area contributed by atoms with E-state index in [4.69, 9.17) is 4.74 Å². The third-order valence-corrected chi connectivity index (χ3v) is 2.98. The van der Waals surface area contributed by atoms with E-state index in [1.54, 1.807) is 0 Å². The molecule has 0 aromatic carbocycles. The van der Waals surface area contributed by atoms with Gasteiger partial charge in [-0.15, -0.1) is 0 Å². The number of nitrogens with one attached hydrogen (secondary N) is 1. The highest BCUT2D eigenvalue weighted by atomic mass is 16.5. The lowest BCUT2D eigenvalue weighted by atomic mass is 9.78. The Balaban J connectivity index is 2.51. The smallest absolute Gasteiger partial charge is 0.0510 e. The Morgan fingerprint density at radius 3 is 2.57 bits per heavy atom. The standard InChI is InChI=1S/C12H25NO/c1-5-7-13-11(12(2,3)4)10-6-8-14-9-10/h10-11,13H,5-9H2,1-4H3. The number of rotatable bonds is 4. The molecular weight excluding hydrogens is 174 g/mol. The normalized spacial score (nSPS) is 25.3. The summed E-state index contributed by atoms with van der Waals surface area (Å²) in [5, 5.41) is 3.67. The second-order valence-electron chi connectivity index (χ2n) is 5.42. The topological polar surface area (TPSA) is 21.3 Å². The fourth-order valence-corrected chi connectivity index (χ4v) is 2.30. The van der Waals surface area contributed by atoms with Gasteiger partial charge in [-0.25, -0.2) is 0 Å². The van der Waals surface area contributed by atoms with Crippen LogP contribution in [0.4, 0.5) is 0 Å². The summed E-state index contributed by atoms with van der Waals surface area (Å²) in [5.74, 6) is 0.710. The molecule has 14 heavy (non-hydrogen) atoms. The second-order valence-corrected chi connectivity index (χ2v) is 5.42. The van der Waals surface area contributed by atoms with Crippen molar-refractivity contribution in [3.05, 3.63) is 0 Å². The van der Waals surface area contributed by atoms with E-state index in [0.29, 0.717) is 17.4 Å². The summed E-state index contributed by atoms with van der Waals surface area (Å²) in [7, 11) is 0. The molecule has 0 spiro atoms. The van der Waals surface area contributed by atoms with Crippen LogP contribution >= 0.6 is 0 Å². The number of ether oxygens (including phenoxy) is 1. The first-order valence-electron chi connectivity index (χ1n) is 5.87. The van der Waals surface area contributed by atoms with Crippen molar-refractivity contribution in [2.75, 3.05) is 19.8 Å². The lowest BCUT2D eigenvalue weighted by molar-refractivity contribution is 0.145. The van der Waals surface area contributed by atoms with E-state index in [1.807, 2.05) is 0 Å². The van der Waals surface area contributed by atoms with E-state index in [-0.39, 0.29) is 0 Å². The first-order valence-corrected chi connectivity index (χ1v) is 5.87. The van der Waals surface area contributed by atoms with Crippen LogP contribution in [0.25, 0.3) is 0 Å². The van der Waals surface area contributed by atoms with Gasteiger partial charge in [0.25, 0.3) is 0 Å². The summed E-state index contributed by atoms with van der Waals surface area (Å²) in [6.45, 7) is 12.2. The molecule has 0 bridgehead atoms. The van der Waals surface area contributed by atoms with Crippen LogP contribution in [0.2, 0.25) is 0 Å². The highest BCUT2D eigenvalue weighted by Crippen LogP contribution is 2.30. The minimum atomic E-state index is 0.341. The molecule has 84 valence electrons. The van der Waals surface area contributed by atoms with Crippen LogP contribution in [0.1, 0.15) is 40.5 Å². The van der Waals surface area contributed by atoms with Crippen LogP contribution in [0, 0.1) is 11.3 Å². The fourth-order valence-electron chi connectivity index (χ4n) is 2.30. The average molecular weight is 199 g/mol. The highest BCUT2D eigenvalue weighted by molar-refractivity contribution is 4.88. The summed E-state index contributed by atoms with van der Waals surface area (Å²) in [6.07, 6.45) is 2.43. The predicted molar refractivity (Wildman–Crippen MR) is 60.5 cm³/mol. The van der Waals surface area contributed by atoms with Gasteiger partial charge in [0, 0.05) is 18.6 Å². The zero-order valence-corrected chi connectivity index (χ0v) is 10.1. The van der Waals surface area contributed by atoms with Crippen molar-refractivity contribution < 1.29 is 4.74 Å². The molecule has 1 rings (SSSR count). The predicted octanol–water partition coefficient (Wildman–Crippen LogP) is 2.44. The Hall–Kier alpha value is -0.0800. The SMILES string of the molecule is CCCNC(C1CCOC1)C(C)(C)C. The van der Waals surface area contributed by atoms with Crippen LogP contribution in [0.5, 0.6) is 0 Å². The van der Waals surface area contributed by atoms with Crippen molar-refractivity contribution in [2.45, 2.75) is 46.6 Å². The van der Waals surface area contributed by atoms with Gasteiger partial charge < -0.3 is 10.1 Å². The Morgan fingerprint density at radius 2 is 2.14 bits per heavy atom. The molecule has 0 saturated carbocycles. The van der Waals surface area contributed by atoms with E-state index >= 15 is 0 Å². The van der Waals surface area contributed by atoms with Gasteiger partial charge in [-0.1, -0.05) is 27.7 Å². The minimum Gasteiger partial charge on any atom is -0.381 e. The molecule has 2 atom stereocenters. The van der Waals surface area contributed by atoms with Crippen molar-refractivity contribution in [3.8, 4) is 0 Å². The molecule has 0 aromatic heterocycles. The summed E-state index contributed by atoms with van der Waals surface area (Å²) in [6, 6.07) is 0.602. The first-order chi connectivity index (χ1) is 6.55. The Bertz CT molecular complexity index is 156. The van der Waals surface area contributed by atoms with Gasteiger partial charge in [0.1, 0.15) is 0 Å². The summed E-state index contributed by atoms with van der Waals surface area (Å²) in [5.41, 5.74) is 0.341. The quantitative estimate of drug-likeness (QED) is 0.751. The third-order valence-electron chi connectivity index (χ3n) is 2.98. The Kier molecular flexibility index (Phi) is 4.39. The monoisotopic (exact) mass is 199 g/mol. The molecule has 1 saturated heterocycles. The zero-order valence-electron chi connectivity index (χ0n) is 10.1. The van der Waals surface area contributed by atoms with Gasteiger partial charge in [0.05, 0.1) is 6.61 Å². The number of hydrogen-bond donors (Lipinski definition) is 1. The van der Waals surface area contributed by atoms with Crippen molar-refractivity contribution in [3.63, 3.8) is 0 Å². The minimum absolute atomic E-state index is 0.341. The molecule has 0 amide bonds. The largest absolute Gasteiger partial charge is 0.381 e. The molecule has 1 heterocycles. The van der Waals surface area contributed by atoms with Gasteiger partial charge in [-0.05, 0) is 24.8 Å². The zero-order chi connectivity index (χ0) is 10.6. The van der Waals surface area contributed by atoms with Gasteiger partial charge in [0.2, 0.25) is 0 Å². The van der Waals surface area contributed by atoms with Crippen LogP contribution in [-0.4, -0.2) is 25.8 Å². The molecule has 1 aliphatic rings. The van der Waals surface area contributed by atoms with Gasteiger partial charge in [-0.2, -0.15) is 0 Å². The van der Waals surface area contributed by atoms with Crippen LogP contribution in [0.15, 0.2) is 0 Å². The molecule has 1 aliphatic heterocycles. The van der Waals surface area contributed by atoms with Crippen molar-refractivity contribution in [1.82, 2.24) is 5.32 Å². The van der Waals surface area contributed by atoms with Crippen LogP contribution < -0.4 is 5.32 Å². The van der Waals surface area contributed by atoms with Crippen molar-refractivity contribution in [1.29, 1.82) is 0 Å². The van der Waals surface area contributed by atoms with E-state index in [1.165, 1.54) is 12.8 Å². The molecule has 0 radical (unpaired) electrons. The average Bonchev–Trinajstić information content (AvgIpc) is 2.55. The summed E-state index contributed by atoms with van der Waals surface area (Å²) < 4.78 is 5.47. The van der Waals surface area contributed by atoms with Crippen molar-refractivity contribution >= 4 is 0 Å². The number of hydrogen-bond acceptors (Lipinski definition) is 2. The Labute approximate surface area is 88.4 Å². The van der Waals surface area contributed by atoms with E-state index in [2.05, 4.69) is 33.0 Å². The van der Waals surface area contributed by atoms with E-state index in [9.17, 15) is 0 Å².